The first-order valence-electron chi connectivity index (χ1n) is 10.7. The van der Waals surface area contributed by atoms with Crippen LogP contribution in [0.5, 0.6) is 5.75 Å². The molecule has 0 bridgehead atoms. The number of methoxy groups -OCH3 is 1. The molecule has 5 heteroatoms. The smallest absolute Gasteiger partial charge is 0.341 e. The number of hydrogen-bond acceptors (Lipinski definition) is 4. The number of anilines is 1. The molecule has 3 rings (SSSR count). The maximum Gasteiger partial charge on any atom is 0.341 e. The van der Waals surface area contributed by atoms with Gasteiger partial charge in [-0.1, -0.05) is 49.6 Å². The number of ether oxygens (including phenoxy) is 2. The van der Waals surface area contributed by atoms with E-state index in [-0.39, 0.29) is 12.0 Å². The van der Waals surface area contributed by atoms with Crippen LogP contribution >= 0.6 is 0 Å². The molecule has 1 saturated carbocycles. The molecule has 0 aromatic heterocycles. The molecule has 160 valence electrons. The summed E-state index contributed by atoms with van der Waals surface area (Å²) in [7, 11) is 1.34. The molecule has 2 aromatic carbocycles. The lowest BCUT2D eigenvalue weighted by molar-refractivity contribution is -0.121. The third-order valence-corrected chi connectivity index (χ3v) is 6.01. The Labute approximate surface area is 178 Å². The molecule has 0 unspecified atom stereocenters. The molecular formula is C25H31NO4. The lowest BCUT2D eigenvalue weighted by atomic mass is 9.77. The number of amides is 1. The van der Waals surface area contributed by atoms with Crippen molar-refractivity contribution in [1.82, 2.24) is 0 Å². The van der Waals surface area contributed by atoms with Crippen LogP contribution in [0.25, 0.3) is 0 Å². The molecule has 30 heavy (non-hydrogen) atoms. The molecule has 1 N–H and O–H groups in total. The maximum atomic E-state index is 13.4. The number of esters is 1. The van der Waals surface area contributed by atoms with E-state index in [9.17, 15) is 9.59 Å². The first kappa shape index (κ1) is 21.9. The highest BCUT2D eigenvalue weighted by atomic mass is 16.5. The number of carbonyl (C=O) groups excluding carboxylic acids is 2. The molecule has 1 aliphatic carbocycles. The van der Waals surface area contributed by atoms with Gasteiger partial charge in [-0.3, -0.25) is 4.79 Å². The Morgan fingerprint density at radius 1 is 1.13 bits per heavy atom. The minimum absolute atomic E-state index is 0.0305. The molecule has 0 spiro atoms. The summed E-state index contributed by atoms with van der Waals surface area (Å²) in [5.41, 5.74) is 2.54. The summed E-state index contributed by atoms with van der Waals surface area (Å²) in [6.07, 6.45) is 4.48. The molecule has 1 fully saturated rings. The Balaban J connectivity index is 1.90. The number of carbonyl (C=O) groups is 2. The molecule has 0 aliphatic heterocycles. The van der Waals surface area contributed by atoms with E-state index in [1.54, 1.807) is 18.2 Å². The SMILES string of the molecule is CC[C@@H](C)Oc1ccc(NC(=O)C2(c3cccc(C)c3)CCCC2)cc1C(=O)OC. The molecule has 0 saturated heterocycles. The fraction of sp³-hybridized carbons (Fsp3) is 0.440. The number of aryl methyl sites for hydroxylation is 1. The largest absolute Gasteiger partial charge is 0.490 e. The van der Waals surface area contributed by atoms with Crippen molar-refractivity contribution in [3.05, 3.63) is 59.2 Å². The van der Waals surface area contributed by atoms with E-state index in [0.29, 0.717) is 17.0 Å². The Morgan fingerprint density at radius 2 is 1.87 bits per heavy atom. The Bertz CT molecular complexity index is 915. The van der Waals surface area contributed by atoms with Crippen LogP contribution in [0.4, 0.5) is 5.69 Å². The first-order valence-corrected chi connectivity index (χ1v) is 10.7. The highest BCUT2D eigenvalue weighted by Crippen LogP contribution is 2.42. The highest BCUT2D eigenvalue weighted by molar-refractivity contribution is 6.01. The van der Waals surface area contributed by atoms with Gasteiger partial charge in [0.25, 0.3) is 0 Å². The second kappa shape index (κ2) is 9.33. The summed E-state index contributed by atoms with van der Waals surface area (Å²) in [5.74, 6) is -0.0564. The monoisotopic (exact) mass is 409 g/mol. The molecule has 5 nitrogen and oxygen atoms in total. The van der Waals surface area contributed by atoms with Gasteiger partial charge in [-0.2, -0.15) is 0 Å². The van der Waals surface area contributed by atoms with E-state index in [4.69, 9.17) is 9.47 Å². The molecule has 0 heterocycles. The fourth-order valence-corrected chi connectivity index (χ4v) is 4.10. The summed E-state index contributed by atoms with van der Waals surface area (Å²) in [6, 6.07) is 13.3. The van der Waals surface area contributed by atoms with E-state index in [2.05, 4.69) is 11.4 Å². The molecular weight excluding hydrogens is 378 g/mol. The van der Waals surface area contributed by atoms with Crippen LogP contribution in [0.2, 0.25) is 0 Å². The highest BCUT2D eigenvalue weighted by Gasteiger charge is 2.42. The van der Waals surface area contributed by atoms with Crippen molar-refractivity contribution in [1.29, 1.82) is 0 Å². The predicted molar refractivity (Wildman–Crippen MR) is 118 cm³/mol. The van der Waals surface area contributed by atoms with E-state index < -0.39 is 11.4 Å². The Kier molecular flexibility index (Phi) is 6.80. The number of benzene rings is 2. The Morgan fingerprint density at radius 3 is 2.50 bits per heavy atom. The van der Waals surface area contributed by atoms with Gasteiger partial charge < -0.3 is 14.8 Å². The van der Waals surface area contributed by atoms with Crippen LogP contribution in [0.15, 0.2) is 42.5 Å². The molecule has 0 radical (unpaired) electrons. The van der Waals surface area contributed by atoms with Crippen LogP contribution in [0.3, 0.4) is 0 Å². The van der Waals surface area contributed by atoms with Gasteiger partial charge >= 0.3 is 5.97 Å². The van der Waals surface area contributed by atoms with Crippen molar-refractivity contribution in [2.24, 2.45) is 0 Å². The summed E-state index contributed by atoms with van der Waals surface area (Å²) >= 11 is 0. The van der Waals surface area contributed by atoms with E-state index in [0.717, 1.165) is 43.2 Å². The quantitative estimate of drug-likeness (QED) is 0.621. The molecule has 1 amide bonds. The van der Waals surface area contributed by atoms with Crippen molar-refractivity contribution in [2.45, 2.75) is 64.4 Å². The third kappa shape index (κ3) is 4.50. The van der Waals surface area contributed by atoms with E-state index in [1.165, 1.54) is 7.11 Å². The van der Waals surface area contributed by atoms with Crippen LogP contribution in [-0.2, 0) is 14.9 Å². The van der Waals surface area contributed by atoms with Gasteiger partial charge in [0, 0.05) is 5.69 Å². The van der Waals surface area contributed by atoms with Crippen molar-refractivity contribution >= 4 is 17.6 Å². The maximum absolute atomic E-state index is 13.4. The number of rotatable bonds is 7. The summed E-state index contributed by atoms with van der Waals surface area (Å²) in [6.45, 7) is 6.01. The van der Waals surface area contributed by atoms with Crippen LogP contribution in [-0.4, -0.2) is 25.1 Å². The number of nitrogens with one attached hydrogen (secondary N) is 1. The minimum atomic E-state index is -0.538. The second-order valence-corrected chi connectivity index (χ2v) is 8.15. The number of hydrogen-bond donors (Lipinski definition) is 1. The van der Waals surface area contributed by atoms with Crippen molar-refractivity contribution < 1.29 is 19.1 Å². The van der Waals surface area contributed by atoms with Gasteiger partial charge in [0.15, 0.2) is 0 Å². The van der Waals surface area contributed by atoms with Crippen LogP contribution in [0, 0.1) is 6.92 Å². The average molecular weight is 410 g/mol. The van der Waals surface area contributed by atoms with Gasteiger partial charge in [0.05, 0.1) is 18.6 Å². The fourth-order valence-electron chi connectivity index (χ4n) is 4.10. The van der Waals surface area contributed by atoms with Gasteiger partial charge in [-0.25, -0.2) is 4.79 Å². The van der Waals surface area contributed by atoms with Crippen LogP contribution < -0.4 is 10.1 Å². The zero-order chi connectivity index (χ0) is 21.7. The van der Waals surface area contributed by atoms with Gasteiger partial charge in [-0.05, 0) is 56.9 Å². The lowest BCUT2D eigenvalue weighted by Crippen LogP contribution is -2.38. The average Bonchev–Trinajstić information content (AvgIpc) is 3.25. The first-order chi connectivity index (χ1) is 14.4. The van der Waals surface area contributed by atoms with E-state index in [1.807, 2.05) is 39.0 Å². The van der Waals surface area contributed by atoms with Gasteiger partial charge in [0.1, 0.15) is 11.3 Å². The van der Waals surface area contributed by atoms with Crippen molar-refractivity contribution in [3.8, 4) is 5.75 Å². The molecule has 1 aliphatic rings. The van der Waals surface area contributed by atoms with Gasteiger partial charge in [0.2, 0.25) is 5.91 Å². The summed E-state index contributed by atoms with van der Waals surface area (Å²) in [5, 5.41) is 3.05. The second-order valence-electron chi connectivity index (χ2n) is 8.15. The zero-order valence-electron chi connectivity index (χ0n) is 18.3. The predicted octanol–water partition coefficient (Wildman–Crippen LogP) is 5.41. The Hall–Kier alpha value is -2.82. The minimum Gasteiger partial charge on any atom is -0.490 e. The van der Waals surface area contributed by atoms with Crippen molar-refractivity contribution in [3.63, 3.8) is 0 Å². The van der Waals surface area contributed by atoms with Gasteiger partial charge in [-0.15, -0.1) is 0 Å². The molecule has 1 atom stereocenters. The van der Waals surface area contributed by atoms with Crippen LogP contribution in [0.1, 0.15) is 67.4 Å². The third-order valence-electron chi connectivity index (χ3n) is 6.01. The topological polar surface area (TPSA) is 64.6 Å². The zero-order valence-corrected chi connectivity index (χ0v) is 18.3. The van der Waals surface area contributed by atoms with Crippen molar-refractivity contribution in [2.75, 3.05) is 12.4 Å². The summed E-state index contributed by atoms with van der Waals surface area (Å²) < 4.78 is 10.8. The lowest BCUT2D eigenvalue weighted by Gasteiger charge is -2.29. The molecule has 2 aromatic rings. The van der Waals surface area contributed by atoms with E-state index >= 15 is 0 Å². The normalized spacial score (nSPS) is 16.0. The standard InChI is InChI=1S/C25H31NO4/c1-5-18(3)30-22-12-11-20(16-21(22)23(27)29-4)26-24(28)25(13-6-7-14-25)19-10-8-9-17(2)15-19/h8-12,15-16,18H,5-7,13-14H2,1-4H3,(H,26,28)/t18-/m1/s1. The summed E-state index contributed by atoms with van der Waals surface area (Å²) in [4.78, 5) is 25.8.